The summed E-state index contributed by atoms with van der Waals surface area (Å²) >= 11 is 6.21. The SMILES string of the molecule is Cn1cc(C(=O)c2cc(F)c3c(c2)C(=O)N(Cc2ccc(C#N)cn2)[C@@]3(O[C@H]2CCOC2)c2ccc(Cl)cc2)cn1. The minimum absolute atomic E-state index is 0.000231. The van der Waals surface area contributed by atoms with E-state index in [1.807, 2.05) is 6.07 Å². The smallest absolute Gasteiger partial charge is 0.257 e. The van der Waals surface area contributed by atoms with Crippen LogP contribution in [-0.2, 0) is 28.8 Å². The van der Waals surface area contributed by atoms with Crippen LogP contribution in [0.15, 0.2) is 67.1 Å². The van der Waals surface area contributed by atoms with Gasteiger partial charge in [-0.25, -0.2) is 4.39 Å². The summed E-state index contributed by atoms with van der Waals surface area (Å²) in [5, 5.41) is 13.7. The van der Waals surface area contributed by atoms with E-state index in [9.17, 15) is 14.9 Å². The molecule has 41 heavy (non-hydrogen) atoms. The molecular weight excluding hydrogens is 549 g/mol. The van der Waals surface area contributed by atoms with Gasteiger partial charge in [0, 0.05) is 42.2 Å². The van der Waals surface area contributed by atoms with Gasteiger partial charge in [0.05, 0.1) is 53.4 Å². The highest BCUT2D eigenvalue weighted by Crippen LogP contribution is 2.49. The molecule has 11 heteroatoms. The fourth-order valence-corrected chi connectivity index (χ4v) is 5.45. The molecule has 4 aromatic rings. The van der Waals surface area contributed by atoms with Gasteiger partial charge in [0.2, 0.25) is 5.72 Å². The number of amides is 1. The standard InChI is InChI=1S/C30H23ClFN5O4/c1-36-15-20(14-35-36)28(38)19-10-25-27(26(32)11-19)30(41-24-8-9-40-17-24,21-3-5-22(31)6-4-21)37(29(25)39)16-23-7-2-18(12-33)13-34-23/h2-7,10-11,13-15,24H,8-9,16-17H2,1H3/t24-,30+/m0/s1. The predicted octanol–water partition coefficient (Wildman–Crippen LogP) is 4.37. The Labute approximate surface area is 239 Å². The lowest BCUT2D eigenvalue weighted by atomic mass is 9.90. The number of fused-ring (bicyclic) bond motifs is 1. The summed E-state index contributed by atoms with van der Waals surface area (Å²) in [6.45, 7) is 0.655. The average molecular weight is 572 g/mol. The Balaban J connectivity index is 1.55. The van der Waals surface area contributed by atoms with E-state index in [1.54, 1.807) is 43.4 Å². The quantitative estimate of drug-likeness (QED) is 0.303. The number of nitrogens with zero attached hydrogens (tertiary/aromatic N) is 5. The van der Waals surface area contributed by atoms with Crippen LogP contribution in [0.3, 0.4) is 0 Å². The number of carbonyl (C=O) groups excluding carboxylic acids is 2. The van der Waals surface area contributed by atoms with Gasteiger partial charge in [-0.2, -0.15) is 10.4 Å². The van der Waals surface area contributed by atoms with Gasteiger partial charge in [-0.15, -0.1) is 0 Å². The minimum atomic E-state index is -1.72. The molecule has 9 nitrogen and oxygen atoms in total. The number of aromatic nitrogens is 3. The highest BCUT2D eigenvalue weighted by Gasteiger charge is 2.55. The Morgan fingerprint density at radius 2 is 2.02 bits per heavy atom. The fourth-order valence-electron chi connectivity index (χ4n) is 5.32. The third-order valence-corrected chi connectivity index (χ3v) is 7.50. The van der Waals surface area contributed by atoms with E-state index in [2.05, 4.69) is 10.1 Å². The van der Waals surface area contributed by atoms with Crippen molar-refractivity contribution in [2.75, 3.05) is 13.2 Å². The van der Waals surface area contributed by atoms with Crippen LogP contribution in [0.2, 0.25) is 5.02 Å². The summed E-state index contributed by atoms with van der Waals surface area (Å²) in [6.07, 6.45) is 4.42. The zero-order chi connectivity index (χ0) is 28.7. The topological polar surface area (TPSA) is 110 Å². The molecule has 4 heterocycles. The lowest BCUT2D eigenvalue weighted by molar-refractivity contribution is -0.148. The zero-order valence-electron chi connectivity index (χ0n) is 21.9. The van der Waals surface area contributed by atoms with Crippen molar-refractivity contribution >= 4 is 23.3 Å². The number of ketones is 1. The maximum atomic E-state index is 16.4. The van der Waals surface area contributed by atoms with E-state index in [-0.39, 0.29) is 35.4 Å². The number of halogens is 2. The third-order valence-electron chi connectivity index (χ3n) is 7.25. The van der Waals surface area contributed by atoms with Gasteiger partial charge < -0.3 is 9.47 Å². The molecule has 0 bridgehead atoms. The van der Waals surface area contributed by atoms with Gasteiger partial charge in [0.1, 0.15) is 11.9 Å². The Bertz CT molecular complexity index is 1690. The fraction of sp³-hybridized carbons (Fsp3) is 0.233. The molecule has 6 rings (SSSR count). The van der Waals surface area contributed by atoms with Gasteiger partial charge in [-0.1, -0.05) is 23.7 Å². The van der Waals surface area contributed by atoms with Crippen molar-refractivity contribution in [3.05, 3.63) is 117 Å². The summed E-state index contributed by atoms with van der Waals surface area (Å²) in [5.74, 6) is -1.78. The molecular formula is C30H23ClFN5O4. The molecule has 206 valence electrons. The first kappa shape index (κ1) is 26.8. The number of ether oxygens (including phenoxy) is 2. The summed E-state index contributed by atoms with van der Waals surface area (Å²) in [4.78, 5) is 33.3. The van der Waals surface area contributed by atoms with Crippen molar-refractivity contribution in [2.24, 2.45) is 7.05 Å². The maximum Gasteiger partial charge on any atom is 0.257 e. The second-order valence-electron chi connectivity index (χ2n) is 9.91. The first-order valence-electron chi connectivity index (χ1n) is 12.9. The van der Waals surface area contributed by atoms with Crippen LogP contribution < -0.4 is 0 Å². The van der Waals surface area contributed by atoms with Crippen LogP contribution in [0.4, 0.5) is 4.39 Å². The molecule has 2 atom stereocenters. The lowest BCUT2D eigenvalue weighted by Crippen LogP contribution is -2.49. The van der Waals surface area contributed by atoms with E-state index >= 15 is 4.39 Å². The van der Waals surface area contributed by atoms with Crippen molar-refractivity contribution in [2.45, 2.75) is 24.8 Å². The zero-order valence-corrected chi connectivity index (χ0v) is 22.6. The number of benzene rings is 2. The molecule has 2 aromatic carbocycles. The van der Waals surface area contributed by atoms with Crippen LogP contribution >= 0.6 is 11.6 Å². The summed E-state index contributed by atoms with van der Waals surface area (Å²) in [5.41, 5.74) is -0.160. The van der Waals surface area contributed by atoms with Crippen molar-refractivity contribution in [3.8, 4) is 6.07 Å². The molecule has 2 aliphatic rings. The normalized spacial score (nSPS) is 19.8. The molecule has 0 N–H and O–H groups in total. The molecule has 2 aliphatic heterocycles. The highest BCUT2D eigenvalue weighted by molar-refractivity contribution is 6.30. The number of hydrogen-bond donors (Lipinski definition) is 0. The van der Waals surface area contributed by atoms with Gasteiger partial charge in [0.15, 0.2) is 5.78 Å². The van der Waals surface area contributed by atoms with E-state index in [4.69, 9.17) is 21.1 Å². The molecule has 1 fully saturated rings. The monoisotopic (exact) mass is 571 g/mol. The van der Waals surface area contributed by atoms with E-state index < -0.39 is 29.3 Å². The van der Waals surface area contributed by atoms with Crippen LogP contribution in [0.1, 0.15) is 55.1 Å². The van der Waals surface area contributed by atoms with E-state index in [1.165, 1.54) is 34.2 Å². The lowest BCUT2D eigenvalue weighted by Gasteiger charge is -2.41. The van der Waals surface area contributed by atoms with Crippen molar-refractivity contribution < 1.29 is 23.5 Å². The molecule has 0 aliphatic carbocycles. The number of nitriles is 1. The summed E-state index contributed by atoms with van der Waals surface area (Å²) in [6, 6.07) is 14.5. The molecule has 2 aromatic heterocycles. The number of rotatable bonds is 7. The van der Waals surface area contributed by atoms with Crippen LogP contribution in [0.25, 0.3) is 0 Å². The number of aryl methyl sites for hydroxylation is 1. The first-order valence-corrected chi connectivity index (χ1v) is 13.2. The maximum absolute atomic E-state index is 16.4. The Morgan fingerprint density at radius 1 is 1.22 bits per heavy atom. The molecule has 0 saturated carbocycles. The van der Waals surface area contributed by atoms with Gasteiger partial charge >= 0.3 is 0 Å². The first-order chi connectivity index (χ1) is 19.8. The minimum Gasteiger partial charge on any atom is -0.379 e. The van der Waals surface area contributed by atoms with Crippen molar-refractivity contribution in [3.63, 3.8) is 0 Å². The van der Waals surface area contributed by atoms with E-state index in [0.29, 0.717) is 34.9 Å². The molecule has 0 unspecified atom stereocenters. The number of pyridine rings is 1. The van der Waals surface area contributed by atoms with Crippen LogP contribution in [-0.4, -0.2) is 50.7 Å². The van der Waals surface area contributed by atoms with E-state index in [0.717, 1.165) is 6.07 Å². The largest absolute Gasteiger partial charge is 0.379 e. The summed E-state index contributed by atoms with van der Waals surface area (Å²) in [7, 11) is 1.67. The highest BCUT2D eigenvalue weighted by atomic mass is 35.5. The average Bonchev–Trinajstić information content (AvgIpc) is 3.70. The molecule has 0 spiro atoms. The van der Waals surface area contributed by atoms with Crippen LogP contribution in [0, 0.1) is 17.1 Å². The molecule has 1 saturated heterocycles. The Kier molecular flexibility index (Phi) is 6.87. The van der Waals surface area contributed by atoms with Gasteiger partial charge in [-0.3, -0.25) is 24.2 Å². The molecule has 0 radical (unpaired) electrons. The number of hydrogen-bond acceptors (Lipinski definition) is 7. The van der Waals surface area contributed by atoms with Crippen molar-refractivity contribution in [1.82, 2.24) is 19.7 Å². The second kappa shape index (κ2) is 10.5. The summed E-state index contributed by atoms with van der Waals surface area (Å²) < 4.78 is 30.1. The van der Waals surface area contributed by atoms with Gasteiger partial charge in [-0.05, 0) is 42.8 Å². The predicted molar refractivity (Wildman–Crippen MR) is 144 cm³/mol. The number of carbonyl (C=O) groups is 2. The molecule has 1 amide bonds. The Morgan fingerprint density at radius 3 is 2.66 bits per heavy atom. The van der Waals surface area contributed by atoms with Gasteiger partial charge in [0.25, 0.3) is 5.91 Å². The second-order valence-corrected chi connectivity index (χ2v) is 10.3. The van der Waals surface area contributed by atoms with Crippen LogP contribution in [0.5, 0.6) is 0 Å². The Hall–Kier alpha value is -4.43. The van der Waals surface area contributed by atoms with Crippen molar-refractivity contribution in [1.29, 1.82) is 5.26 Å². The third kappa shape index (κ3) is 4.68.